The van der Waals surface area contributed by atoms with Crippen LogP contribution in [0.1, 0.15) is 36.0 Å². The lowest BCUT2D eigenvalue weighted by Crippen LogP contribution is -2.43. The number of carbonyl (C=O) groups excluding carboxylic acids is 1. The highest BCUT2D eigenvalue weighted by atomic mass is 19.4. The predicted molar refractivity (Wildman–Crippen MR) is 78.6 cm³/mol. The molecule has 0 fully saturated rings. The van der Waals surface area contributed by atoms with Gasteiger partial charge in [-0.3, -0.25) is 9.69 Å². The lowest BCUT2D eigenvalue weighted by atomic mass is 10.1. The Hall–Kier alpha value is -2.32. The fraction of sp³-hybridized carbons (Fsp3) is 0.533. The number of aromatic nitrogens is 3. The molecule has 2 aromatic rings. The van der Waals surface area contributed by atoms with Crippen LogP contribution in [0.15, 0.2) is 16.7 Å². The van der Waals surface area contributed by atoms with Crippen molar-refractivity contribution in [2.75, 3.05) is 11.4 Å². The summed E-state index contributed by atoms with van der Waals surface area (Å²) in [6.45, 7) is 3.40. The third-order valence-corrected chi connectivity index (χ3v) is 3.98. The number of halogens is 3. The summed E-state index contributed by atoms with van der Waals surface area (Å²) >= 11 is 0. The quantitative estimate of drug-likeness (QED) is 0.860. The molecule has 0 aliphatic carbocycles. The van der Waals surface area contributed by atoms with Crippen LogP contribution < -0.4 is 4.90 Å². The van der Waals surface area contributed by atoms with Crippen LogP contribution in [-0.4, -0.2) is 33.6 Å². The molecule has 0 saturated carbocycles. The predicted octanol–water partition coefficient (Wildman–Crippen LogP) is 2.96. The molecule has 6 nitrogen and oxygen atoms in total. The second-order valence-corrected chi connectivity index (χ2v) is 5.91. The molecular formula is C15H17F3N4O2. The zero-order chi connectivity index (χ0) is 17.5. The molecule has 3 heterocycles. The summed E-state index contributed by atoms with van der Waals surface area (Å²) in [5.74, 6) is 0.515. The smallest absolute Gasteiger partial charge is 0.361 e. The Morgan fingerprint density at radius 2 is 2.08 bits per heavy atom. The first-order valence-corrected chi connectivity index (χ1v) is 7.61. The molecule has 9 heteroatoms. The Morgan fingerprint density at radius 1 is 1.33 bits per heavy atom. The molecule has 1 atom stereocenters. The van der Waals surface area contributed by atoms with Gasteiger partial charge in [0.2, 0.25) is 5.91 Å². The number of nitrogens with zero attached hydrogens (tertiary/aromatic N) is 4. The minimum atomic E-state index is -4.39. The molecule has 1 aliphatic rings. The molecule has 0 spiro atoms. The number of alkyl halides is 3. The Bertz CT molecular complexity index is 750. The third kappa shape index (κ3) is 3.15. The Kier molecular flexibility index (Phi) is 4.10. The molecule has 24 heavy (non-hydrogen) atoms. The highest BCUT2D eigenvalue weighted by Crippen LogP contribution is 2.39. The standard InChI is InChI=1S/C15H17F3N4O2/c1-9-8-13-21(6-5-12(15(16,17)18)22(13)19-9)14(23)4-3-11-7-10(2)20-24-11/h7-8,12H,3-6H2,1-2H3. The van der Waals surface area contributed by atoms with Crippen molar-refractivity contribution < 1.29 is 22.5 Å². The highest BCUT2D eigenvalue weighted by molar-refractivity contribution is 5.93. The zero-order valence-corrected chi connectivity index (χ0v) is 13.3. The van der Waals surface area contributed by atoms with Gasteiger partial charge in [-0.25, -0.2) is 4.68 Å². The number of fused-ring (bicyclic) bond motifs is 1. The molecule has 0 radical (unpaired) electrons. The van der Waals surface area contributed by atoms with Crippen molar-refractivity contribution >= 4 is 11.7 Å². The van der Waals surface area contributed by atoms with Crippen molar-refractivity contribution in [3.63, 3.8) is 0 Å². The summed E-state index contributed by atoms with van der Waals surface area (Å²) in [5.41, 5.74) is 1.17. The van der Waals surface area contributed by atoms with Gasteiger partial charge in [0, 0.05) is 31.5 Å². The van der Waals surface area contributed by atoms with Gasteiger partial charge in [0.05, 0.1) is 11.4 Å². The number of aryl methyl sites for hydroxylation is 3. The van der Waals surface area contributed by atoms with Gasteiger partial charge in [0.25, 0.3) is 0 Å². The summed E-state index contributed by atoms with van der Waals surface area (Å²) in [5, 5.41) is 7.67. The monoisotopic (exact) mass is 342 g/mol. The van der Waals surface area contributed by atoms with E-state index in [1.807, 2.05) is 0 Å². The first kappa shape index (κ1) is 16.5. The maximum Gasteiger partial charge on any atom is 0.410 e. The van der Waals surface area contributed by atoms with Crippen LogP contribution in [-0.2, 0) is 11.2 Å². The lowest BCUT2D eigenvalue weighted by molar-refractivity contribution is -0.173. The van der Waals surface area contributed by atoms with Crippen LogP contribution in [0.5, 0.6) is 0 Å². The van der Waals surface area contributed by atoms with Gasteiger partial charge in [0.15, 0.2) is 6.04 Å². The first-order chi connectivity index (χ1) is 11.3. The number of rotatable bonds is 3. The maximum absolute atomic E-state index is 13.1. The van der Waals surface area contributed by atoms with E-state index in [0.717, 1.165) is 10.4 Å². The van der Waals surface area contributed by atoms with Crippen molar-refractivity contribution in [3.8, 4) is 0 Å². The molecule has 3 rings (SSSR count). The molecule has 0 saturated heterocycles. The van der Waals surface area contributed by atoms with E-state index in [0.29, 0.717) is 17.9 Å². The fourth-order valence-corrected chi connectivity index (χ4v) is 2.88. The first-order valence-electron chi connectivity index (χ1n) is 7.61. The van der Waals surface area contributed by atoms with Gasteiger partial charge in [-0.15, -0.1) is 0 Å². The van der Waals surface area contributed by atoms with E-state index < -0.39 is 12.2 Å². The fourth-order valence-electron chi connectivity index (χ4n) is 2.88. The molecule has 2 aromatic heterocycles. The second-order valence-electron chi connectivity index (χ2n) is 5.91. The van der Waals surface area contributed by atoms with Crippen molar-refractivity contribution in [1.82, 2.24) is 14.9 Å². The molecule has 0 aromatic carbocycles. The zero-order valence-electron chi connectivity index (χ0n) is 13.3. The van der Waals surface area contributed by atoms with Crippen LogP contribution in [0.2, 0.25) is 0 Å². The van der Waals surface area contributed by atoms with Crippen LogP contribution in [0.3, 0.4) is 0 Å². The molecule has 1 unspecified atom stereocenters. The van der Waals surface area contributed by atoms with E-state index in [1.165, 1.54) is 11.0 Å². The van der Waals surface area contributed by atoms with Crippen LogP contribution >= 0.6 is 0 Å². The van der Waals surface area contributed by atoms with Gasteiger partial charge >= 0.3 is 6.18 Å². The van der Waals surface area contributed by atoms with Gasteiger partial charge in [0.1, 0.15) is 11.6 Å². The molecular weight excluding hydrogens is 325 g/mol. The summed E-state index contributed by atoms with van der Waals surface area (Å²) < 4.78 is 45.4. The van der Waals surface area contributed by atoms with Gasteiger partial charge in [-0.1, -0.05) is 5.16 Å². The molecule has 0 bridgehead atoms. The second kappa shape index (κ2) is 5.95. The molecule has 0 N–H and O–H groups in total. The van der Waals surface area contributed by atoms with Crippen LogP contribution in [0.25, 0.3) is 0 Å². The average molecular weight is 342 g/mol. The number of amides is 1. The van der Waals surface area contributed by atoms with Crippen LogP contribution in [0, 0.1) is 13.8 Å². The van der Waals surface area contributed by atoms with E-state index in [9.17, 15) is 18.0 Å². The average Bonchev–Trinajstić information content (AvgIpc) is 3.07. The summed E-state index contributed by atoms with van der Waals surface area (Å²) in [4.78, 5) is 13.8. The van der Waals surface area contributed by atoms with Gasteiger partial charge < -0.3 is 4.52 Å². The third-order valence-electron chi connectivity index (χ3n) is 3.98. The summed E-state index contributed by atoms with van der Waals surface area (Å²) in [6, 6.07) is 1.55. The minimum Gasteiger partial charge on any atom is -0.361 e. The summed E-state index contributed by atoms with van der Waals surface area (Å²) in [7, 11) is 0. The van der Waals surface area contributed by atoms with Crippen molar-refractivity contribution in [3.05, 3.63) is 29.3 Å². The SMILES string of the molecule is Cc1cc(CCC(=O)N2CCC(C(F)(F)F)n3nc(C)cc32)on1. The minimum absolute atomic E-state index is 0.0174. The number of carbonyl (C=O) groups is 1. The Balaban J connectivity index is 1.77. The topological polar surface area (TPSA) is 64.2 Å². The van der Waals surface area contributed by atoms with Crippen molar-refractivity contribution in [2.45, 2.75) is 45.3 Å². The largest absolute Gasteiger partial charge is 0.410 e. The number of anilines is 1. The maximum atomic E-state index is 13.1. The van der Waals surface area contributed by atoms with E-state index in [2.05, 4.69) is 10.3 Å². The van der Waals surface area contributed by atoms with E-state index in [1.54, 1.807) is 19.9 Å². The molecule has 1 aliphatic heterocycles. The highest BCUT2D eigenvalue weighted by Gasteiger charge is 2.46. The molecule has 1 amide bonds. The number of hydrogen-bond acceptors (Lipinski definition) is 4. The Morgan fingerprint density at radius 3 is 2.71 bits per heavy atom. The van der Waals surface area contributed by atoms with E-state index in [4.69, 9.17) is 4.52 Å². The van der Waals surface area contributed by atoms with Crippen molar-refractivity contribution in [1.29, 1.82) is 0 Å². The lowest BCUT2D eigenvalue weighted by Gasteiger charge is -2.33. The Labute approximate surface area is 136 Å². The molecule has 130 valence electrons. The van der Waals surface area contributed by atoms with Crippen LogP contribution in [0.4, 0.5) is 19.0 Å². The normalized spacial score (nSPS) is 17.9. The van der Waals surface area contributed by atoms with E-state index in [-0.39, 0.29) is 31.1 Å². The van der Waals surface area contributed by atoms with Gasteiger partial charge in [-0.05, 0) is 20.3 Å². The summed E-state index contributed by atoms with van der Waals surface area (Å²) in [6.07, 6.45) is -4.11. The van der Waals surface area contributed by atoms with Crippen molar-refractivity contribution in [2.24, 2.45) is 0 Å². The van der Waals surface area contributed by atoms with Gasteiger partial charge in [-0.2, -0.15) is 18.3 Å². The number of hydrogen-bond donors (Lipinski definition) is 0. The van der Waals surface area contributed by atoms with E-state index >= 15 is 0 Å².